The summed E-state index contributed by atoms with van der Waals surface area (Å²) in [5.41, 5.74) is 3.62. The Morgan fingerprint density at radius 2 is 2.04 bits per heavy atom. The lowest BCUT2D eigenvalue weighted by Crippen LogP contribution is -2.41. The van der Waals surface area contributed by atoms with Crippen molar-refractivity contribution in [3.8, 4) is 5.75 Å². The SMILES string of the molecule is CCCNC(=O)C(C)(C)COc1cccc([N+](=O)[O-])c1C(N)=O. The minimum atomic E-state index is -0.958. The molecule has 126 valence electrons. The molecule has 0 atom stereocenters. The average molecular weight is 323 g/mol. The molecular weight excluding hydrogens is 302 g/mol. The Kier molecular flexibility index (Phi) is 6.06. The maximum atomic E-state index is 12.0. The molecule has 1 aromatic rings. The third-order valence-corrected chi connectivity index (χ3v) is 3.19. The first kappa shape index (κ1) is 18.4. The van der Waals surface area contributed by atoms with Crippen molar-refractivity contribution in [2.24, 2.45) is 11.1 Å². The molecule has 23 heavy (non-hydrogen) atoms. The predicted octanol–water partition coefficient (Wildman–Crippen LogP) is 1.62. The summed E-state index contributed by atoms with van der Waals surface area (Å²) < 4.78 is 5.49. The van der Waals surface area contributed by atoms with E-state index in [4.69, 9.17) is 10.5 Å². The van der Waals surface area contributed by atoms with E-state index in [0.717, 1.165) is 6.42 Å². The molecule has 8 nitrogen and oxygen atoms in total. The number of nitrogens with zero attached hydrogens (tertiary/aromatic N) is 1. The molecule has 0 unspecified atom stereocenters. The number of ether oxygens (including phenoxy) is 1. The van der Waals surface area contributed by atoms with E-state index in [1.54, 1.807) is 13.8 Å². The van der Waals surface area contributed by atoms with Gasteiger partial charge in [0.2, 0.25) is 5.91 Å². The Balaban J connectivity index is 2.97. The molecule has 0 aromatic heterocycles. The highest BCUT2D eigenvalue weighted by atomic mass is 16.6. The van der Waals surface area contributed by atoms with Crippen LogP contribution in [-0.2, 0) is 4.79 Å². The van der Waals surface area contributed by atoms with Crippen molar-refractivity contribution in [2.75, 3.05) is 13.2 Å². The number of nitrogens with two attached hydrogens (primary N) is 1. The first-order chi connectivity index (χ1) is 10.7. The van der Waals surface area contributed by atoms with Crippen molar-refractivity contribution in [2.45, 2.75) is 27.2 Å². The zero-order valence-corrected chi connectivity index (χ0v) is 13.4. The van der Waals surface area contributed by atoms with Gasteiger partial charge in [-0.25, -0.2) is 0 Å². The number of nitrogens with one attached hydrogen (secondary N) is 1. The van der Waals surface area contributed by atoms with Gasteiger partial charge in [-0.05, 0) is 26.3 Å². The first-order valence-corrected chi connectivity index (χ1v) is 7.19. The number of hydrogen-bond donors (Lipinski definition) is 2. The number of nitro benzene ring substituents is 1. The molecule has 0 bridgehead atoms. The normalized spacial score (nSPS) is 10.9. The Labute approximate surface area is 134 Å². The largest absolute Gasteiger partial charge is 0.491 e. The number of amides is 2. The maximum absolute atomic E-state index is 12.0. The quantitative estimate of drug-likeness (QED) is 0.555. The maximum Gasteiger partial charge on any atom is 0.285 e. The van der Waals surface area contributed by atoms with Crippen LogP contribution in [-0.4, -0.2) is 29.9 Å². The molecule has 1 rings (SSSR count). The number of nitro groups is 1. The molecule has 0 aliphatic rings. The van der Waals surface area contributed by atoms with Gasteiger partial charge in [0.1, 0.15) is 12.4 Å². The van der Waals surface area contributed by atoms with Crippen LogP contribution in [0.4, 0.5) is 5.69 Å². The minimum absolute atomic E-state index is 0.0110. The highest BCUT2D eigenvalue weighted by molar-refractivity contribution is 5.99. The van der Waals surface area contributed by atoms with Gasteiger partial charge < -0.3 is 15.8 Å². The molecule has 0 aliphatic carbocycles. The predicted molar refractivity (Wildman–Crippen MR) is 84.2 cm³/mol. The number of rotatable bonds is 8. The first-order valence-electron chi connectivity index (χ1n) is 7.19. The van der Waals surface area contributed by atoms with Crippen LogP contribution >= 0.6 is 0 Å². The Bertz CT molecular complexity index is 613. The minimum Gasteiger partial charge on any atom is -0.491 e. The van der Waals surface area contributed by atoms with Gasteiger partial charge in [0, 0.05) is 12.6 Å². The molecule has 0 aliphatic heterocycles. The fraction of sp³-hybridized carbons (Fsp3) is 0.467. The van der Waals surface area contributed by atoms with Crippen molar-refractivity contribution in [3.05, 3.63) is 33.9 Å². The van der Waals surface area contributed by atoms with Crippen LogP contribution in [0.3, 0.4) is 0 Å². The van der Waals surface area contributed by atoms with E-state index >= 15 is 0 Å². The molecule has 0 radical (unpaired) electrons. The lowest BCUT2D eigenvalue weighted by atomic mass is 9.93. The second-order valence-corrected chi connectivity index (χ2v) is 5.70. The fourth-order valence-electron chi connectivity index (χ4n) is 1.84. The molecule has 0 fully saturated rings. The Hall–Kier alpha value is -2.64. The fourth-order valence-corrected chi connectivity index (χ4v) is 1.84. The van der Waals surface area contributed by atoms with E-state index in [9.17, 15) is 19.7 Å². The standard InChI is InChI=1S/C15H21N3O5/c1-4-8-17-14(20)15(2,3)9-23-11-7-5-6-10(18(21)22)12(11)13(16)19/h5-7H,4,8-9H2,1-3H3,(H2,16,19)(H,17,20). The highest BCUT2D eigenvalue weighted by Crippen LogP contribution is 2.29. The Morgan fingerprint density at radius 3 is 2.57 bits per heavy atom. The van der Waals surface area contributed by atoms with Gasteiger partial charge in [0.15, 0.2) is 5.56 Å². The molecule has 8 heteroatoms. The van der Waals surface area contributed by atoms with Crippen LogP contribution in [0.5, 0.6) is 5.75 Å². The highest BCUT2D eigenvalue weighted by Gasteiger charge is 2.30. The average Bonchev–Trinajstić information content (AvgIpc) is 2.49. The second kappa shape index (κ2) is 7.57. The van der Waals surface area contributed by atoms with E-state index in [1.165, 1.54) is 18.2 Å². The van der Waals surface area contributed by atoms with Crippen LogP contribution in [0.2, 0.25) is 0 Å². The van der Waals surface area contributed by atoms with E-state index in [0.29, 0.717) is 6.54 Å². The van der Waals surface area contributed by atoms with E-state index < -0.39 is 21.9 Å². The lowest BCUT2D eigenvalue weighted by Gasteiger charge is -2.24. The summed E-state index contributed by atoms with van der Waals surface area (Å²) in [6, 6.07) is 3.98. The summed E-state index contributed by atoms with van der Waals surface area (Å²) in [5, 5.41) is 13.7. The van der Waals surface area contributed by atoms with Gasteiger partial charge in [-0.15, -0.1) is 0 Å². The van der Waals surface area contributed by atoms with Gasteiger partial charge >= 0.3 is 0 Å². The summed E-state index contributed by atoms with van der Waals surface area (Å²) in [5.74, 6) is -1.17. The van der Waals surface area contributed by atoms with Crippen LogP contribution in [0, 0.1) is 15.5 Å². The van der Waals surface area contributed by atoms with Gasteiger partial charge in [-0.2, -0.15) is 0 Å². The van der Waals surface area contributed by atoms with Crippen molar-refractivity contribution in [1.29, 1.82) is 0 Å². The number of carbonyl (C=O) groups is 2. The molecule has 0 saturated carbocycles. The summed E-state index contributed by atoms with van der Waals surface area (Å²) in [4.78, 5) is 33.8. The monoisotopic (exact) mass is 323 g/mol. The third-order valence-electron chi connectivity index (χ3n) is 3.19. The third kappa shape index (κ3) is 4.67. The molecular formula is C15H21N3O5. The molecule has 2 amide bonds. The summed E-state index contributed by atoms with van der Waals surface area (Å²) >= 11 is 0. The smallest absolute Gasteiger partial charge is 0.285 e. The Morgan fingerprint density at radius 1 is 1.39 bits per heavy atom. The molecule has 0 heterocycles. The lowest BCUT2D eigenvalue weighted by molar-refractivity contribution is -0.385. The van der Waals surface area contributed by atoms with E-state index in [-0.39, 0.29) is 23.8 Å². The number of hydrogen-bond acceptors (Lipinski definition) is 5. The second-order valence-electron chi connectivity index (χ2n) is 5.70. The van der Waals surface area contributed by atoms with Gasteiger partial charge in [-0.3, -0.25) is 19.7 Å². The van der Waals surface area contributed by atoms with Crippen LogP contribution in [0.25, 0.3) is 0 Å². The van der Waals surface area contributed by atoms with Crippen molar-refractivity contribution in [1.82, 2.24) is 5.32 Å². The number of benzene rings is 1. The number of carbonyl (C=O) groups excluding carboxylic acids is 2. The molecule has 3 N–H and O–H groups in total. The van der Waals surface area contributed by atoms with E-state index in [1.807, 2.05) is 6.92 Å². The number of primary amides is 1. The van der Waals surface area contributed by atoms with Crippen LogP contribution in [0.1, 0.15) is 37.6 Å². The zero-order valence-electron chi connectivity index (χ0n) is 13.4. The van der Waals surface area contributed by atoms with Crippen molar-refractivity contribution in [3.63, 3.8) is 0 Å². The molecule has 1 aromatic carbocycles. The zero-order chi connectivity index (χ0) is 17.6. The van der Waals surface area contributed by atoms with Crippen molar-refractivity contribution < 1.29 is 19.2 Å². The summed E-state index contributed by atoms with van der Waals surface area (Å²) in [7, 11) is 0. The molecule has 0 spiro atoms. The van der Waals surface area contributed by atoms with Crippen LogP contribution in [0.15, 0.2) is 18.2 Å². The van der Waals surface area contributed by atoms with Crippen molar-refractivity contribution >= 4 is 17.5 Å². The van der Waals surface area contributed by atoms with Gasteiger partial charge in [0.05, 0.1) is 10.3 Å². The van der Waals surface area contributed by atoms with E-state index in [2.05, 4.69) is 5.32 Å². The van der Waals surface area contributed by atoms with Crippen LogP contribution < -0.4 is 15.8 Å². The summed E-state index contributed by atoms with van der Waals surface area (Å²) in [6.07, 6.45) is 0.805. The van der Waals surface area contributed by atoms with Gasteiger partial charge in [-0.1, -0.05) is 13.0 Å². The summed E-state index contributed by atoms with van der Waals surface area (Å²) in [6.45, 7) is 5.79. The van der Waals surface area contributed by atoms with Gasteiger partial charge in [0.25, 0.3) is 11.6 Å². The topological polar surface area (TPSA) is 125 Å². The molecule has 0 saturated heterocycles.